The third kappa shape index (κ3) is 5.95. The molecule has 1 fully saturated rings. The molecule has 46 heavy (non-hydrogen) atoms. The van der Waals surface area contributed by atoms with Crippen molar-refractivity contribution in [3.63, 3.8) is 0 Å². The summed E-state index contributed by atoms with van der Waals surface area (Å²) in [6.07, 6.45) is 3.67. The molecule has 0 saturated carbocycles. The highest BCUT2D eigenvalue weighted by molar-refractivity contribution is 7.15. The third-order valence-electron chi connectivity index (χ3n) is 7.83. The predicted molar refractivity (Wildman–Crippen MR) is 183 cm³/mol. The minimum atomic E-state index is -0.294. The number of amides is 2. The van der Waals surface area contributed by atoms with E-state index in [9.17, 15) is 9.59 Å². The number of anilines is 4. The van der Waals surface area contributed by atoms with Gasteiger partial charge in [-0.05, 0) is 55.1 Å². The molecule has 1 saturated heterocycles. The van der Waals surface area contributed by atoms with E-state index in [0.717, 1.165) is 46.4 Å². The topological polar surface area (TPSA) is 108 Å². The van der Waals surface area contributed by atoms with E-state index in [1.807, 2.05) is 75.5 Å². The first kappa shape index (κ1) is 29.6. The molecular weight excluding hydrogens is 620 g/mol. The Hall–Kier alpha value is -5.10. The van der Waals surface area contributed by atoms with Crippen molar-refractivity contribution in [2.75, 3.05) is 41.7 Å². The Balaban J connectivity index is 1.17. The van der Waals surface area contributed by atoms with Crippen LogP contribution in [0.25, 0.3) is 27.6 Å². The number of halogens is 1. The number of nitrogens with one attached hydrogen (secondary N) is 2. The number of likely N-dealkylation sites (N-methyl/N-ethyl adjacent to an activating group) is 1. The van der Waals surface area contributed by atoms with Gasteiger partial charge in [-0.3, -0.25) is 18.9 Å². The van der Waals surface area contributed by atoms with Gasteiger partial charge in [0.1, 0.15) is 5.69 Å². The van der Waals surface area contributed by atoms with E-state index in [4.69, 9.17) is 21.6 Å². The Bertz CT molecular complexity index is 2080. The van der Waals surface area contributed by atoms with Gasteiger partial charge in [0, 0.05) is 53.5 Å². The smallest absolute Gasteiger partial charge is 0.257 e. The second-order valence-corrected chi connectivity index (χ2v) is 12.0. The second kappa shape index (κ2) is 12.7. The summed E-state index contributed by atoms with van der Waals surface area (Å²) in [6.45, 7) is 4.83. The fraction of sp³-hybridized carbons (Fsp3) is 0.147. The maximum atomic E-state index is 13.0. The maximum absolute atomic E-state index is 13.0. The van der Waals surface area contributed by atoms with Crippen LogP contribution < -0.4 is 15.5 Å². The monoisotopic (exact) mass is 648 g/mol. The number of rotatable bonds is 8. The molecule has 3 aromatic heterocycles. The normalized spacial score (nSPS) is 13.7. The number of thiazole rings is 1. The average molecular weight is 649 g/mol. The summed E-state index contributed by atoms with van der Waals surface area (Å²) in [4.78, 5) is 44.8. The summed E-state index contributed by atoms with van der Waals surface area (Å²) >= 11 is 7.77. The highest BCUT2D eigenvalue weighted by Gasteiger charge is 2.24. The van der Waals surface area contributed by atoms with Crippen LogP contribution in [0.2, 0.25) is 5.02 Å². The standard InChI is InChI=1S/C34H29ClN8O2S/c1-2-41-15-16-42(29(44)21-41)25-10-6-9-24(20-25)38-33-36-14-13-28(39-33)31-30(40-34-43(31)17-18-46-34)22-7-5-8-23(19-22)37-32(45)26-11-3-4-12-27(26)35/h3-14,17-20H,2,15-16,21H2,1H3,(H,37,45)(H,36,38,39). The highest BCUT2D eigenvalue weighted by Crippen LogP contribution is 2.35. The van der Waals surface area contributed by atoms with Gasteiger partial charge in [0.25, 0.3) is 5.91 Å². The van der Waals surface area contributed by atoms with Crippen molar-refractivity contribution in [3.8, 4) is 22.6 Å². The number of carbonyl (C=O) groups is 2. The summed E-state index contributed by atoms with van der Waals surface area (Å²) in [5.41, 5.74) is 5.63. The van der Waals surface area contributed by atoms with Crippen molar-refractivity contribution in [1.29, 1.82) is 0 Å². The lowest BCUT2D eigenvalue weighted by atomic mass is 10.1. The number of imidazole rings is 1. The Morgan fingerprint density at radius 1 is 0.978 bits per heavy atom. The number of fused-ring (bicyclic) bond motifs is 1. The van der Waals surface area contributed by atoms with E-state index >= 15 is 0 Å². The van der Waals surface area contributed by atoms with Crippen LogP contribution in [0.3, 0.4) is 0 Å². The zero-order valence-corrected chi connectivity index (χ0v) is 26.4. The van der Waals surface area contributed by atoms with Gasteiger partial charge in [0.2, 0.25) is 11.9 Å². The molecular formula is C34H29ClN8O2S. The van der Waals surface area contributed by atoms with Gasteiger partial charge in [-0.25, -0.2) is 15.0 Å². The summed E-state index contributed by atoms with van der Waals surface area (Å²) in [5, 5.41) is 8.63. The van der Waals surface area contributed by atoms with Gasteiger partial charge in [0.15, 0.2) is 4.96 Å². The number of benzene rings is 3. The average Bonchev–Trinajstić information content (AvgIpc) is 3.67. The minimum absolute atomic E-state index is 0.0871. The molecule has 7 rings (SSSR count). The zero-order valence-electron chi connectivity index (χ0n) is 24.9. The largest absolute Gasteiger partial charge is 0.324 e. The van der Waals surface area contributed by atoms with Crippen molar-refractivity contribution >= 4 is 62.7 Å². The number of carbonyl (C=O) groups excluding carboxylic acids is 2. The van der Waals surface area contributed by atoms with Gasteiger partial charge in [-0.2, -0.15) is 0 Å². The zero-order chi connectivity index (χ0) is 31.6. The number of piperazine rings is 1. The fourth-order valence-corrected chi connectivity index (χ4v) is 6.45. The van der Waals surface area contributed by atoms with Crippen LogP contribution in [0.15, 0.2) is 96.6 Å². The Morgan fingerprint density at radius 2 is 1.83 bits per heavy atom. The van der Waals surface area contributed by atoms with Crippen molar-refractivity contribution in [3.05, 3.63) is 107 Å². The summed E-state index contributed by atoms with van der Waals surface area (Å²) in [6, 6.07) is 24.1. The molecule has 1 aliphatic rings. The molecule has 0 radical (unpaired) electrons. The molecule has 1 aliphatic heterocycles. The van der Waals surface area contributed by atoms with Gasteiger partial charge in [0.05, 0.1) is 28.5 Å². The third-order valence-corrected chi connectivity index (χ3v) is 8.92. The van der Waals surface area contributed by atoms with E-state index in [-0.39, 0.29) is 11.8 Å². The molecule has 10 nitrogen and oxygen atoms in total. The molecule has 0 aliphatic carbocycles. The van der Waals surface area contributed by atoms with Crippen LogP contribution in [0.1, 0.15) is 17.3 Å². The number of aromatic nitrogens is 4. The number of hydrogen-bond acceptors (Lipinski definition) is 8. The SMILES string of the molecule is CCN1CCN(c2cccc(Nc3nccc(-c4c(-c5cccc(NC(=O)c6ccccc6Cl)c5)nc5sccn45)n3)c2)C(=O)C1. The molecule has 4 heterocycles. The fourth-order valence-electron chi connectivity index (χ4n) is 5.52. The van der Waals surface area contributed by atoms with Crippen LogP contribution in [-0.2, 0) is 4.79 Å². The Labute approximate surface area is 274 Å². The quantitative estimate of drug-likeness (QED) is 0.186. The minimum Gasteiger partial charge on any atom is -0.324 e. The molecule has 2 N–H and O–H groups in total. The Kier molecular flexibility index (Phi) is 8.18. The van der Waals surface area contributed by atoms with E-state index in [2.05, 4.69) is 27.4 Å². The molecule has 0 unspecified atom stereocenters. The summed E-state index contributed by atoms with van der Waals surface area (Å²) in [5.74, 6) is 0.203. The van der Waals surface area contributed by atoms with Crippen LogP contribution >= 0.6 is 22.9 Å². The lowest BCUT2D eigenvalue weighted by Gasteiger charge is -2.33. The van der Waals surface area contributed by atoms with Crippen LogP contribution in [0.5, 0.6) is 0 Å². The van der Waals surface area contributed by atoms with E-state index in [1.165, 1.54) is 11.3 Å². The van der Waals surface area contributed by atoms with Crippen molar-refractivity contribution in [1.82, 2.24) is 24.3 Å². The number of hydrogen-bond donors (Lipinski definition) is 2. The first-order chi connectivity index (χ1) is 22.5. The first-order valence-electron chi connectivity index (χ1n) is 14.8. The van der Waals surface area contributed by atoms with E-state index < -0.39 is 0 Å². The number of nitrogens with zero attached hydrogens (tertiary/aromatic N) is 6. The molecule has 230 valence electrons. The van der Waals surface area contributed by atoms with Crippen molar-refractivity contribution in [2.45, 2.75) is 6.92 Å². The lowest BCUT2D eigenvalue weighted by Crippen LogP contribution is -2.50. The molecule has 12 heteroatoms. The molecule has 6 aromatic rings. The van der Waals surface area contributed by atoms with Crippen molar-refractivity contribution < 1.29 is 9.59 Å². The molecule has 3 aromatic carbocycles. The predicted octanol–water partition coefficient (Wildman–Crippen LogP) is 6.84. The van der Waals surface area contributed by atoms with Crippen molar-refractivity contribution in [2.24, 2.45) is 0 Å². The maximum Gasteiger partial charge on any atom is 0.257 e. The van der Waals surface area contributed by atoms with Gasteiger partial charge >= 0.3 is 0 Å². The second-order valence-electron chi connectivity index (χ2n) is 10.7. The lowest BCUT2D eigenvalue weighted by molar-refractivity contribution is -0.121. The van der Waals surface area contributed by atoms with Crippen LogP contribution in [-0.4, -0.2) is 62.2 Å². The van der Waals surface area contributed by atoms with Gasteiger partial charge < -0.3 is 15.5 Å². The summed E-state index contributed by atoms with van der Waals surface area (Å²) < 4.78 is 2.00. The molecule has 2 amide bonds. The van der Waals surface area contributed by atoms with Crippen LogP contribution in [0.4, 0.5) is 23.0 Å². The Morgan fingerprint density at radius 3 is 2.67 bits per heavy atom. The summed E-state index contributed by atoms with van der Waals surface area (Å²) in [7, 11) is 0. The van der Waals surface area contributed by atoms with E-state index in [1.54, 1.807) is 30.5 Å². The van der Waals surface area contributed by atoms with Crippen LogP contribution in [0, 0.1) is 0 Å². The van der Waals surface area contributed by atoms with Gasteiger partial charge in [-0.15, -0.1) is 11.3 Å². The molecule has 0 atom stereocenters. The molecule has 0 spiro atoms. The van der Waals surface area contributed by atoms with Gasteiger partial charge in [-0.1, -0.05) is 48.9 Å². The van der Waals surface area contributed by atoms with E-state index in [0.29, 0.717) is 41.0 Å². The molecule has 0 bridgehead atoms. The first-order valence-corrected chi connectivity index (χ1v) is 16.1. The highest BCUT2D eigenvalue weighted by atomic mass is 35.5.